The Morgan fingerprint density at radius 2 is 2.00 bits per heavy atom. The highest BCUT2D eigenvalue weighted by Gasteiger charge is 2.39. The number of carbonyl (C=O) groups is 1. The Morgan fingerprint density at radius 3 is 2.71 bits per heavy atom. The number of benzene rings is 2. The minimum absolute atomic E-state index is 0.0680. The summed E-state index contributed by atoms with van der Waals surface area (Å²) in [6.07, 6.45) is 0. The molecule has 0 unspecified atom stereocenters. The van der Waals surface area contributed by atoms with Crippen LogP contribution in [-0.4, -0.2) is 15.9 Å². The van der Waals surface area contributed by atoms with Gasteiger partial charge in [0, 0.05) is 27.6 Å². The van der Waals surface area contributed by atoms with E-state index in [2.05, 4.69) is 4.98 Å². The van der Waals surface area contributed by atoms with Crippen LogP contribution in [0, 0.1) is 17.1 Å². The lowest BCUT2D eigenvalue weighted by atomic mass is 9.71. The van der Waals surface area contributed by atoms with E-state index in [1.54, 1.807) is 12.1 Å². The normalized spacial score (nSPS) is 15.0. The van der Waals surface area contributed by atoms with Gasteiger partial charge in [-0.1, -0.05) is 13.8 Å². The van der Waals surface area contributed by atoms with Gasteiger partial charge < -0.3 is 10.1 Å². The molecule has 1 aromatic heterocycles. The number of nitrogens with one attached hydrogen (secondary N) is 1. The minimum atomic E-state index is -0.645. The number of ketones is 1. The van der Waals surface area contributed by atoms with E-state index >= 15 is 0 Å². The molecule has 24 heavy (non-hydrogen) atoms. The molecule has 0 saturated carbocycles. The van der Waals surface area contributed by atoms with Crippen LogP contribution in [0.2, 0.25) is 0 Å². The third kappa shape index (κ3) is 1.68. The summed E-state index contributed by atoms with van der Waals surface area (Å²) in [5.41, 5.74) is 2.22. The summed E-state index contributed by atoms with van der Waals surface area (Å²) in [5.74, 6) is -0.768. The number of rotatable bonds is 0. The molecule has 5 heteroatoms. The zero-order chi connectivity index (χ0) is 17.2. The maximum Gasteiger partial charge on any atom is 0.195 e. The van der Waals surface area contributed by atoms with Crippen LogP contribution >= 0.6 is 0 Å². The average Bonchev–Trinajstić information content (AvgIpc) is 2.91. The van der Waals surface area contributed by atoms with Crippen LogP contribution in [0.5, 0.6) is 5.75 Å². The molecule has 1 heterocycles. The molecule has 0 fully saturated rings. The van der Waals surface area contributed by atoms with Crippen molar-refractivity contribution in [1.82, 2.24) is 4.98 Å². The van der Waals surface area contributed by atoms with Crippen LogP contribution in [0.3, 0.4) is 0 Å². The molecule has 0 bridgehead atoms. The van der Waals surface area contributed by atoms with Gasteiger partial charge in [0.15, 0.2) is 5.78 Å². The first kappa shape index (κ1) is 14.5. The standard InChI is InChI=1S/C19H13FN2O2/c1-19(2)13-6-10(23)3-4-11(13)17(24)16-12-7-14(20)9(8-21)5-15(12)22-18(16)19/h3-7,22-23H,1-2H3. The van der Waals surface area contributed by atoms with E-state index in [-0.39, 0.29) is 17.1 Å². The van der Waals surface area contributed by atoms with Gasteiger partial charge in [-0.15, -0.1) is 0 Å². The van der Waals surface area contributed by atoms with E-state index in [0.29, 0.717) is 33.3 Å². The van der Waals surface area contributed by atoms with Crippen molar-refractivity contribution >= 4 is 16.7 Å². The lowest BCUT2D eigenvalue weighted by Crippen LogP contribution is -2.30. The van der Waals surface area contributed by atoms with Crippen molar-refractivity contribution in [2.75, 3.05) is 0 Å². The zero-order valence-electron chi connectivity index (χ0n) is 13.1. The highest BCUT2D eigenvalue weighted by molar-refractivity contribution is 6.20. The summed E-state index contributed by atoms with van der Waals surface area (Å²) in [6, 6.07) is 9.13. The van der Waals surface area contributed by atoms with Crippen molar-refractivity contribution in [2.24, 2.45) is 0 Å². The van der Waals surface area contributed by atoms with Gasteiger partial charge in [-0.2, -0.15) is 5.26 Å². The molecule has 0 saturated heterocycles. The number of nitriles is 1. The van der Waals surface area contributed by atoms with Crippen LogP contribution in [0.1, 0.15) is 46.6 Å². The molecule has 0 radical (unpaired) electrons. The lowest BCUT2D eigenvalue weighted by Gasteiger charge is -2.32. The summed E-state index contributed by atoms with van der Waals surface area (Å²) < 4.78 is 14.1. The lowest BCUT2D eigenvalue weighted by molar-refractivity contribution is 0.103. The highest BCUT2D eigenvalue weighted by Crippen LogP contribution is 2.44. The Morgan fingerprint density at radius 1 is 1.25 bits per heavy atom. The Kier molecular flexibility index (Phi) is 2.68. The van der Waals surface area contributed by atoms with E-state index in [4.69, 9.17) is 5.26 Å². The quantitative estimate of drug-likeness (QED) is 0.662. The first-order chi connectivity index (χ1) is 11.3. The summed E-state index contributed by atoms with van der Waals surface area (Å²) in [5, 5.41) is 19.3. The average molecular weight is 320 g/mol. The number of phenolic OH excluding ortho intramolecular Hbond substituents is 1. The molecule has 0 spiro atoms. The second kappa shape index (κ2) is 4.45. The van der Waals surface area contributed by atoms with Crippen LogP contribution < -0.4 is 0 Å². The molecule has 0 aliphatic heterocycles. The number of halogens is 1. The Labute approximate surface area is 137 Å². The second-order valence-electron chi connectivity index (χ2n) is 6.55. The molecule has 0 amide bonds. The van der Waals surface area contributed by atoms with Crippen LogP contribution in [0.15, 0.2) is 30.3 Å². The number of aromatic amines is 1. The van der Waals surface area contributed by atoms with Crippen molar-refractivity contribution in [3.63, 3.8) is 0 Å². The Hall–Kier alpha value is -3.13. The van der Waals surface area contributed by atoms with Crippen molar-refractivity contribution in [3.05, 3.63) is 64.1 Å². The number of nitrogens with zero attached hydrogens (tertiary/aromatic N) is 1. The maximum absolute atomic E-state index is 14.1. The second-order valence-corrected chi connectivity index (χ2v) is 6.55. The minimum Gasteiger partial charge on any atom is -0.508 e. The number of hydrogen-bond acceptors (Lipinski definition) is 3. The number of phenols is 1. The van der Waals surface area contributed by atoms with Gasteiger partial charge in [-0.25, -0.2) is 4.39 Å². The highest BCUT2D eigenvalue weighted by atomic mass is 19.1. The van der Waals surface area contributed by atoms with Gasteiger partial charge in [0.05, 0.1) is 11.1 Å². The maximum atomic E-state index is 14.1. The van der Waals surface area contributed by atoms with E-state index in [9.17, 15) is 14.3 Å². The molecule has 4 nitrogen and oxygen atoms in total. The first-order valence-electron chi connectivity index (χ1n) is 7.48. The molecular weight excluding hydrogens is 307 g/mol. The third-order valence-corrected chi connectivity index (χ3v) is 4.78. The molecule has 0 atom stereocenters. The summed E-state index contributed by atoms with van der Waals surface area (Å²) >= 11 is 0. The first-order valence-corrected chi connectivity index (χ1v) is 7.48. The molecule has 2 N–H and O–H groups in total. The molecule has 3 aromatic rings. The van der Waals surface area contributed by atoms with Gasteiger partial charge in [-0.3, -0.25) is 4.79 Å². The number of H-pyrrole nitrogens is 1. The molecule has 1 aliphatic rings. The van der Waals surface area contributed by atoms with Crippen molar-refractivity contribution in [2.45, 2.75) is 19.3 Å². The van der Waals surface area contributed by atoms with E-state index < -0.39 is 11.2 Å². The topological polar surface area (TPSA) is 76.9 Å². The largest absolute Gasteiger partial charge is 0.508 e. The molecule has 2 aromatic carbocycles. The van der Waals surface area contributed by atoms with Gasteiger partial charge in [0.2, 0.25) is 0 Å². The Bertz CT molecular complexity index is 1090. The summed E-state index contributed by atoms with van der Waals surface area (Å²) in [7, 11) is 0. The van der Waals surface area contributed by atoms with E-state index in [0.717, 1.165) is 0 Å². The monoisotopic (exact) mass is 320 g/mol. The third-order valence-electron chi connectivity index (χ3n) is 4.78. The van der Waals surface area contributed by atoms with E-state index in [1.165, 1.54) is 18.2 Å². The molecular formula is C19H13FN2O2. The van der Waals surface area contributed by atoms with Crippen molar-refractivity contribution < 1.29 is 14.3 Å². The fraction of sp³-hybridized carbons (Fsp3) is 0.158. The van der Waals surface area contributed by atoms with Gasteiger partial charge in [0.1, 0.15) is 17.6 Å². The van der Waals surface area contributed by atoms with Gasteiger partial charge in [0.25, 0.3) is 0 Å². The van der Waals surface area contributed by atoms with Crippen LogP contribution in [-0.2, 0) is 5.41 Å². The van der Waals surface area contributed by atoms with Crippen molar-refractivity contribution in [1.29, 1.82) is 5.26 Å². The number of fused-ring (bicyclic) bond motifs is 4. The molecule has 4 rings (SSSR count). The molecule has 118 valence electrons. The predicted molar refractivity (Wildman–Crippen MR) is 86.6 cm³/mol. The fourth-order valence-electron chi connectivity index (χ4n) is 3.52. The molecule has 1 aliphatic carbocycles. The fourth-order valence-corrected chi connectivity index (χ4v) is 3.52. The summed E-state index contributed by atoms with van der Waals surface area (Å²) in [6.45, 7) is 3.88. The Balaban J connectivity index is 2.11. The SMILES string of the molecule is CC1(C)c2cc(O)ccc2C(=O)c2c1[nH]c1cc(C#N)c(F)cc21. The number of carbonyl (C=O) groups excluding carboxylic acids is 1. The summed E-state index contributed by atoms with van der Waals surface area (Å²) in [4.78, 5) is 16.1. The van der Waals surface area contributed by atoms with Gasteiger partial charge in [-0.05, 0) is 35.9 Å². The van der Waals surface area contributed by atoms with Crippen LogP contribution in [0.4, 0.5) is 4.39 Å². The zero-order valence-corrected chi connectivity index (χ0v) is 13.1. The number of aromatic hydroxyl groups is 1. The predicted octanol–water partition coefficient (Wildman–Crippen LogP) is 3.75. The number of aromatic nitrogens is 1. The van der Waals surface area contributed by atoms with Gasteiger partial charge >= 0.3 is 0 Å². The van der Waals surface area contributed by atoms with Crippen LogP contribution in [0.25, 0.3) is 10.9 Å². The van der Waals surface area contributed by atoms with Crippen molar-refractivity contribution in [3.8, 4) is 11.8 Å². The number of hydrogen-bond donors (Lipinski definition) is 2. The van der Waals surface area contributed by atoms with E-state index in [1.807, 2.05) is 19.9 Å². The smallest absolute Gasteiger partial charge is 0.195 e.